The smallest absolute Gasteiger partial charge is 0.388 e. The normalized spacial score (nSPS) is 14.7. The topological polar surface area (TPSA) is 71.9 Å². The SMILES string of the molecule is CC.COC.Cc1cc(F)ccc1-c1cc(C2=NC(C=O)CC2)ncc1N(C)C(=O)C(C)(C)c1cc(C(F)(F)F)cc(C(F)(F)F)c1. The number of aldehydes is 1. The van der Waals surface area contributed by atoms with Gasteiger partial charge in [-0.25, -0.2) is 4.39 Å². The van der Waals surface area contributed by atoms with Crippen molar-refractivity contribution in [3.63, 3.8) is 0 Å². The van der Waals surface area contributed by atoms with E-state index in [0.717, 1.165) is 11.2 Å². The number of aryl methyl sites for hydroxylation is 1. The zero-order valence-electron chi connectivity index (χ0n) is 27.4. The Balaban J connectivity index is 0.00000145. The number of benzene rings is 2. The van der Waals surface area contributed by atoms with Crippen LogP contribution in [-0.4, -0.2) is 50.2 Å². The molecule has 0 spiro atoms. The third kappa shape index (κ3) is 9.24. The number of methoxy groups -OCH3 is 1. The first-order valence-electron chi connectivity index (χ1n) is 14.6. The third-order valence-corrected chi connectivity index (χ3v) is 7.32. The van der Waals surface area contributed by atoms with Gasteiger partial charge >= 0.3 is 12.4 Å². The van der Waals surface area contributed by atoms with Crippen molar-refractivity contribution in [1.82, 2.24) is 4.98 Å². The second-order valence-electron chi connectivity index (χ2n) is 11.1. The Bertz CT molecular complexity index is 1570. The van der Waals surface area contributed by atoms with Crippen LogP contribution < -0.4 is 4.90 Å². The van der Waals surface area contributed by atoms with Gasteiger partial charge < -0.3 is 14.4 Å². The maximum absolute atomic E-state index is 13.9. The number of nitrogens with zero attached hydrogens (tertiary/aromatic N) is 3. The number of pyridine rings is 1. The maximum Gasteiger partial charge on any atom is 0.416 e. The van der Waals surface area contributed by atoms with E-state index in [9.17, 15) is 40.3 Å². The molecule has 2 aromatic carbocycles. The van der Waals surface area contributed by atoms with Crippen LogP contribution in [-0.2, 0) is 32.1 Å². The number of likely N-dealkylation sites (N-methyl/N-ethyl adjacent to an activating group) is 1. The summed E-state index contributed by atoms with van der Waals surface area (Å²) in [5.41, 5.74) is -2.83. The Morgan fingerprint density at radius 1 is 0.915 bits per heavy atom. The van der Waals surface area contributed by atoms with Gasteiger partial charge in [-0.15, -0.1) is 0 Å². The van der Waals surface area contributed by atoms with E-state index < -0.39 is 52.2 Å². The first-order valence-corrected chi connectivity index (χ1v) is 14.6. The molecule has 0 N–H and O–H groups in total. The van der Waals surface area contributed by atoms with Gasteiger partial charge in [0.25, 0.3) is 0 Å². The summed E-state index contributed by atoms with van der Waals surface area (Å²) >= 11 is 0. The quantitative estimate of drug-likeness (QED) is 0.195. The van der Waals surface area contributed by atoms with Crippen LogP contribution in [0.25, 0.3) is 11.1 Å². The molecule has 0 radical (unpaired) electrons. The van der Waals surface area contributed by atoms with Gasteiger partial charge in [0.05, 0.1) is 39.8 Å². The molecule has 0 aliphatic carbocycles. The van der Waals surface area contributed by atoms with Crippen molar-refractivity contribution in [1.29, 1.82) is 0 Å². The number of carbonyl (C=O) groups is 2. The van der Waals surface area contributed by atoms with Crippen molar-refractivity contribution >= 4 is 23.6 Å². The number of alkyl halides is 6. The van der Waals surface area contributed by atoms with Gasteiger partial charge in [-0.05, 0) is 86.7 Å². The number of hydrogen-bond acceptors (Lipinski definition) is 5. The van der Waals surface area contributed by atoms with E-state index in [1.807, 2.05) is 13.8 Å². The van der Waals surface area contributed by atoms with E-state index in [1.165, 1.54) is 45.3 Å². The molecule has 3 aromatic rings. The van der Waals surface area contributed by atoms with E-state index >= 15 is 0 Å². The Morgan fingerprint density at radius 3 is 1.91 bits per heavy atom. The predicted octanol–water partition coefficient (Wildman–Crippen LogP) is 8.61. The summed E-state index contributed by atoms with van der Waals surface area (Å²) in [4.78, 5) is 34.9. The molecule has 4 rings (SSSR count). The van der Waals surface area contributed by atoms with Gasteiger partial charge in [0.1, 0.15) is 18.1 Å². The molecular formula is C34H38F7N3O3. The molecule has 1 amide bonds. The minimum absolute atomic E-state index is 0.00669. The fourth-order valence-corrected chi connectivity index (χ4v) is 4.89. The van der Waals surface area contributed by atoms with Crippen molar-refractivity contribution in [3.8, 4) is 11.1 Å². The number of hydrogen-bond donors (Lipinski definition) is 0. The van der Waals surface area contributed by atoms with Crippen LogP contribution >= 0.6 is 0 Å². The molecule has 256 valence electrons. The number of anilines is 1. The molecule has 13 heteroatoms. The number of amides is 1. The fourth-order valence-electron chi connectivity index (χ4n) is 4.89. The lowest BCUT2D eigenvalue weighted by Gasteiger charge is -2.32. The molecule has 0 fully saturated rings. The number of ether oxygens (including phenoxy) is 1. The van der Waals surface area contributed by atoms with Crippen molar-refractivity contribution in [2.45, 2.75) is 71.3 Å². The van der Waals surface area contributed by atoms with Crippen LogP contribution in [0.5, 0.6) is 0 Å². The maximum atomic E-state index is 13.9. The predicted molar refractivity (Wildman–Crippen MR) is 167 cm³/mol. The van der Waals surface area contributed by atoms with Crippen molar-refractivity contribution in [2.24, 2.45) is 4.99 Å². The molecule has 6 nitrogen and oxygen atoms in total. The van der Waals surface area contributed by atoms with E-state index in [4.69, 9.17) is 0 Å². The number of halogens is 7. The summed E-state index contributed by atoms with van der Waals surface area (Å²) in [7, 11) is 4.58. The highest BCUT2D eigenvalue weighted by atomic mass is 19.4. The second-order valence-corrected chi connectivity index (χ2v) is 11.1. The summed E-state index contributed by atoms with van der Waals surface area (Å²) < 4.78 is 99.4. The van der Waals surface area contributed by atoms with Gasteiger partial charge in [-0.3, -0.25) is 14.8 Å². The molecule has 1 aromatic heterocycles. The van der Waals surface area contributed by atoms with Crippen LogP contribution in [0.15, 0.2) is 53.7 Å². The second kappa shape index (κ2) is 15.6. The minimum atomic E-state index is -5.08. The molecule has 2 heterocycles. The molecule has 1 aliphatic heterocycles. The lowest BCUT2D eigenvalue weighted by Crippen LogP contribution is -2.42. The minimum Gasteiger partial charge on any atom is -0.388 e. The fraction of sp³-hybridized carbons (Fsp3) is 0.412. The first-order chi connectivity index (χ1) is 21.8. The summed E-state index contributed by atoms with van der Waals surface area (Å²) in [5, 5.41) is 0. The summed E-state index contributed by atoms with van der Waals surface area (Å²) in [6.45, 7) is 8.11. The van der Waals surface area contributed by atoms with Gasteiger partial charge in [0.2, 0.25) is 5.91 Å². The molecule has 1 atom stereocenters. The first kappa shape index (κ1) is 39.1. The number of carbonyl (C=O) groups excluding carboxylic acids is 2. The van der Waals surface area contributed by atoms with E-state index in [0.29, 0.717) is 53.1 Å². The van der Waals surface area contributed by atoms with Gasteiger partial charge in [0, 0.05) is 26.8 Å². The molecule has 0 bridgehead atoms. The van der Waals surface area contributed by atoms with E-state index in [-0.39, 0.29) is 11.8 Å². The monoisotopic (exact) mass is 669 g/mol. The molecule has 1 unspecified atom stereocenters. The molecule has 1 aliphatic rings. The van der Waals surface area contributed by atoms with Crippen molar-refractivity contribution < 1.29 is 45.1 Å². The number of aromatic nitrogens is 1. The molecule has 0 saturated heterocycles. The van der Waals surface area contributed by atoms with Crippen LogP contribution in [0.4, 0.5) is 36.4 Å². The number of rotatable bonds is 6. The Kier molecular flexibility index (Phi) is 13.0. The third-order valence-electron chi connectivity index (χ3n) is 7.32. The zero-order chi connectivity index (χ0) is 35.9. The van der Waals surface area contributed by atoms with Crippen LogP contribution in [0, 0.1) is 12.7 Å². The Hall–Kier alpha value is -4.13. The van der Waals surface area contributed by atoms with Crippen LogP contribution in [0.1, 0.15) is 68.5 Å². The highest BCUT2D eigenvalue weighted by Gasteiger charge is 2.41. The number of aliphatic imine (C=N–C) groups is 1. The van der Waals surface area contributed by atoms with Crippen LogP contribution in [0.2, 0.25) is 0 Å². The lowest BCUT2D eigenvalue weighted by molar-refractivity contribution is -0.143. The highest BCUT2D eigenvalue weighted by molar-refractivity contribution is 6.06. The molecule has 0 saturated carbocycles. The average Bonchev–Trinajstić information content (AvgIpc) is 3.50. The standard InChI is InChI=1S/C30H26F7N3O2.C2H6O.C2H6/c1-16-9-20(31)5-7-22(16)23-13-25(24-8-6-21(15-41)39-24)38-14-26(23)40(4)27(42)28(2,3)17-10-18(29(32,33)34)12-19(11-17)30(35,36)37;1-3-2;1-2/h5,7,9-15,21H,6,8H2,1-4H3;1-2H3;1-2H3. The highest BCUT2D eigenvalue weighted by Crippen LogP contribution is 2.41. The zero-order valence-corrected chi connectivity index (χ0v) is 27.4. The van der Waals surface area contributed by atoms with Crippen LogP contribution in [0.3, 0.4) is 0 Å². The van der Waals surface area contributed by atoms with E-state index in [1.54, 1.807) is 27.2 Å². The van der Waals surface area contributed by atoms with Gasteiger partial charge in [-0.2, -0.15) is 26.3 Å². The Labute approximate surface area is 269 Å². The van der Waals surface area contributed by atoms with Gasteiger partial charge in [0.15, 0.2) is 0 Å². The van der Waals surface area contributed by atoms with Crippen molar-refractivity contribution in [2.75, 3.05) is 26.2 Å². The van der Waals surface area contributed by atoms with Gasteiger partial charge in [-0.1, -0.05) is 19.9 Å². The summed E-state index contributed by atoms with van der Waals surface area (Å²) in [6, 6.07) is 6.17. The molecule has 47 heavy (non-hydrogen) atoms. The Morgan fingerprint density at radius 2 is 1.45 bits per heavy atom. The molecular weight excluding hydrogens is 631 g/mol. The lowest BCUT2D eigenvalue weighted by atomic mass is 9.81. The summed E-state index contributed by atoms with van der Waals surface area (Å²) in [6.07, 6.45) is -7.14. The average molecular weight is 670 g/mol. The van der Waals surface area contributed by atoms with E-state index in [2.05, 4.69) is 14.7 Å². The largest absolute Gasteiger partial charge is 0.416 e. The summed E-state index contributed by atoms with van der Waals surface area (Å²) in [5.74, 6) is -1.32. The van der Waals surface area contributed by atoms with Crippen molar-refractivity contribution in [3.05, 3.63) is 82.4 Å².